The van der Waals surface area contributed by atoms with Crippen LogP contribution in [0.15, 0.2) is 30.3 Å². The molecule has 9 heteroatoms. The van der Waals surface area contributed by atoms with Crippen molar-refractivity contribution >= 4 is 17.5 Å². The lowest BCUT2D eigenvalue weighted by molar-refractivity contribution is -0.274. The predicted octanol–water partition coefficient (Wildman–Crippen LogP) is 2.74. The van der Waals surface area contributed by atoms with Crippen molar-refractivity contribution in [2.24, 2.45) is 5.84 Å². The van der Waals surface area contributed by atoms with Gasteiger partial charge in [0.05, 0.1) is 0 Å². The Bertz CT molecular complexity index is 645. The number of alkyl halides is 3. The van der Waals surface area contributed by atoms with Gasteiger partial charge in [-0.15, -0.1) is 13.2 Å². The number of nitrogen functional groups attached to an aromatic ring is 1. The van der Waals surface area contributed by atoms with Crippen molar-refractivity contribution < 1.29 is 17.9 Å². The zero-order chi connectivity index (χ0) is 16.3. The van der Waals surface area contributed by atoms with Gasteiger partial charge in [0.25, 0.3) is 0 Å². The van der Waals surface area contributed by atoms with Crippen LogP contribution in [0.1, 0.15) is 5.69 Å². The van der Waals surface area contributed by atoms with Crippen LogP contribution in [0.5, 0.6) is 5.75 Å². The second kappa shape index (κ2) is 6.06. The summed E-state index contributed by atoms with van der Waals surface area (Å²) in [6.07, 6.45) is -4.71. The van der Waals surface area contributed by atoms with Crippen LogP contribution in [-0.2, 0) is 0 Å². The Balaban J connectivity index is 2.22. The van der Waals surface area contributed by atoms with E-state index < -0.39 is 6.36 Å². The fourth-order valence-corrected chi connectivity index (χ4v) is 1.79. The van der Waals surface area contributed by atoms with Crippen LogP contribution in [0.4, 0.5) is 30.6 Å². The number of hydrazine groups is 1. The van der Waals surface area contributed by atoms with E-state index in [4.69, 9.17) is 5.84 Å². The second-order valence-electron chi connectivity index (χ2n) is 4.44. The molecule has 22 heavy (non-hydrogen) atoms. The zero-order valence-corrected chi connectivity index (χ0v) is 11.8. The highest BCUT2D eigenvalue weighted by Gasteiger charge is 2.31. The van der Waals surface area contributed by atoms with Gasteiger partial charge in [-0.2, -0.15) is 4.98 Å². The largest absolute Gasteiger partial charge is 0.573 e. The maximum atomic E-state index is 12.1. The quantitative estimate of drug-likeness (QED) is 0.668. The van der Waals surface area contributed by atoms with E-state index >= 15 is 0 Å². The molecule has 1 heterocycles. The normalized spacial score (nSPS) is 11.2. The Hall–Kier alpha value is -2.55. The summed E-state index contributed by atoms with van der Waals surface area (Å²) in [6, 6.07) is 7.17. The van der Waals surface area contributed by atoms with Gasteiger partial charge in [0, 0.05) is 24.5 Å². The summed E-state index contributed by atoms with van der Waals surface area (Å²) >= 11 is 0. The smallest absolute Gasteiger partial charge is 0.406 e. The SMILES string of the molecule is Cc1cc(N(C)c2ccc(OC(F)(F)F)cc2)nc(NN)n1. The number of aryl methyl sites for hydroxylation is 1. The first kappa shape index (κ1) is 15.8. The second-order valence-corrected chi connectivity index (χ2v) is 4.44. The van der Waals surface area contributed by atoms with Crippen molar-refractivity contribution in [1.29, 1.82) is 0 Å². The third kappa shape index (κ3) is 3.98. The first-order chi connectivity index (χ1) is 10.3. The van der Waals surface area contributed by atoms with Gasteiger partial charge in [-0.25, -0.2) is 10.8 Å². The number of nitrogens with zero attached hydrogens (tertiary/aromatic N) is 3. The lowest BCUT2D eigenvalue weighted by Gasteiger charge is -2.19. The summed E-state index contributed by atoms with van der Waals surface area (Å²) in [5.74, 6) is 5.80. The standard InChI is InChI=1S/C13H14F3N5O/c1-8-7-11(19-12(18-8)20-17)21(2)9-3-5-10(6-4-9)22-13(14,15)16/h3-7H,17H2,1-2H3,(H,18,19,20). The minimum atomic E-state index is -4.71. The number of anilines is 3. The van der Waals surface area contributed by atoms with E-state index in [1.807, 2.05) is 0 Å². The van der Waals surface area contributed by atoms with E-state index in [-0.39, 0.29) is 11.7 Å². The number of hydrogen-bond donors (Lipinski definition) is 2. The first-order valence-corrected chi connectivity index (χ1v) is 6.20. The van der Waals surface area contributed by atoms with E-state index in [0.717, 1.165) is 0 Å². The highest BCUT2D eigenvalue weighted by atomic mass is 19.4. The minimum Gasteiger partial charge on any atom is -0.406 e. The van der Waals surface area contributed by atoms with E-state index in [0.29, 0.717) is 17.2 Å². The molecular weight excluding hydrogens is 299 g/mol. The fourth-order valence-electron chi connectivity index (χ4n) is 1.79. The topological polar surface area (TPSA) is 76.3 Å². The molecule has 2 rings (SSSR count). The van der Waals surface area contributed by atoms with Crippen molar-refractivity contribution in [3.8, 4) is 5.75 Å². The van der Waals surface area contributed by atoms with Crippen molar-refractivity contribution in [2.75, 3.05) is 17.4 Å². The summed E-state index contributed by atoms with van der Waals surface area (Å²) < 4.78 is 40.2. The Labute approximate surface area is 124 Å². The number of benzene rings is 1. The van der Waals surface area contributed by atoms with Gasteiger partial charge in [0.15, 0.2) is 0 Å². The predicted molar refractivity (Wildman–Crippen MR) is 75.8 cm³/mol. The number of halogens is 3. The molecule has 1 aromatic heterocycles. The molecule has 0 bridgehead atoms. The molecule has 0 amide bonds. The Morgan fingerprint density at radius 1 is 1.18 bits per heavy atom. The molecule has 0 saturated carbocycles. The van der Waals surface area contributed by atoms with Crippen LogP contribution in [0.2, 0.25) is 0 Å². The fraction of sp³-hybridized carbons (Fsp3) is 0.231. The van der Waals surface area contributed by atoms with E-state index in [2.05, 4.69) is 20.1 Å². The molecule has 1 aromatic carbocycles. The average Bonchev–Trinajstić information content (AvgIpc) is 2.45. The molecule has 0 aliphatic rings. The maximum absolute atomic E-state index is 12.1. The van der Waals surface area contributed by atoms with Crippen molar-refractivity contribution in [2.45, 2.75) is 13.3 Å². The molecule has 2 aromatic rings. The molecule has 118 valence electrons. The highest BCUT2D eigenvalue weighted by molar-refractivity contribution is 5.61. The number of nitrogens with two attached hydrogens (primary N) is 1. The number of rotatable bonds is 4. The Kier molecular flexibility index (Phi) is 4.36. The van der Waals surface area contributed by atoms with Crippen molar-refractivity contribution in [3.63, 3.8) is 0 Å². The van der Waals surface area contributed by atoms with Gasteiger partial charge in [-0.3, -0.25) is 5.43 Å². The lowest BCUT2D eigenvalue weighted by Crippen LogP contribution is -2.17. The van der Waals surface area contributed by atoms with E-state index in [1.165, 1.54) is 24.3 Å². The summed E-state index contributed by atoms with van der Waals surface area (Å²) in [4.78, 5) is 9.93. The minimum absolute atomic E-state index is 0.249. The van der Waals surface area contributed by atoms with Crippen molar-refractivity contribution in [3.05, 3.63) is 36.0 Å². The molecule has 0 atom stereocenters. The number of nitrogens with one attached hydrogen (secondary N) is 1. The van der Waals surface area contributed by atoms with Crippen LogP contribution < -0.4 is 20.9 Å². The molecule has 0 aliphatic carbocycles. The highest BCUT2D eigenvalue weighted by Crippen LogP contribution is 2.28. The molecule has 0 radical (unpaired) electrons. The van der Waals surface area contributed by atoms with Gasteiger partial charge in [-0.1, -0.05) is 0 Å². The number of ether oxygens (including phenoxy) is 1. The summed E-state index contributed by atoms with van der Waals surface area (Å²) in [5, 5.41) is 0. The lowest BCUT2D eigenvalue weighted by atomic mass is 10.2. The third-order valence-electron chi connectivity index (χ3n) is 2.77. The molecule has 3 N–H and O–H groups in total. The summed E-state index contributed by atoms with van der Waals surface area (Å²) in [7, 11) is 1.72. The van der Waals surface area contributed by atoms with Gasteiger partial charge < -0.3 is 9.64 Å². The van der Waals surface area contributed by atoms with Gasteiger partial charge in [-0.05, 0) is 31.2 Å². The van der Waals surface area contributed by atoms with E-state index in [1.54, 1.807) is 24.9 Å². The summed E-state index contributed by atoms with van der Waals surface area (Å²) in [5.41, 5.74) is 3.69. The molecule has 0 aliphatic heterocycles. The Morgan fingerprint density at radius 2 is 1.82 bits per heavy atom. The third-order valence-corrected chi connectivity index (χ3v) is 2.77. The van der Waals surface area contributed by atoms with Crippen LogP contribution in [0.3, 0.4) is 0 Å². The monoisotopic (exact) mass is 313 g/mol. The van der Waals surface area contributed by atoms with Crippen LogP contribution in [0, 0.1) is 6.92 Å². The number of aromatic nitrogens is 2. The van der Waals surface area contributed by atoms with Crippen LogP contribution in [0.25, 0.3) is 0 Å². The molecule has 0 unspecified atom stereocenters. The Morgan fingerprint density at radius 3 is 2.36 bits per heavy atom. The van der Waals surface area contributed by atoms with Crippen LogP contribution >= 0.6 is 0 Å². The summed E-state index contributed by atoms with van der Waals surface area (Å²) in [6.45, 7) is 1.78. The van der Waals surface area contributed by atoms with Gasteiger partial charge in [0.2, 0.25) is 5.95 Å². The van der Waals surface area contributed by atoms with Gasteiger partial charge in [0.1, 0.15) is 11.6 Å². The first-order valence-electron chi connectivity index (χ1n) is 6.20. The maximum Gasteiger partial charge on any atom is 0.573 e. The van der Waals surface area contributed by atoms with E-state index in [9.17, 15) is 13.2 Å². The average molecular weight is 313 g/mol. The molecular formula is C13H14F3N5O. The van der Waals surface area contributed by atoms with Gasteiger partial charge >= 0.3 is 6.36 Å². The molecule has 0 spiro atoms. The zero-order valence-electron chi connectivity index (χ0n) is 11.8. The van der Waals surface area contributed by atoms with Crippen molar-refractivity contribution in [1.82, 2.24) is 9.97 Å². The van der Waals surface area contributed by atoms with Crippen LogP contribution in [-0.4, -0.2) is 23.4 Å². The number of hydrogen-bond acceptors (Lipinski definition) is 6. The molecule has 0 saturated heterocycles. The molecule has 0 fully saturated rings. The molecule has 6 nitrogen and oxygen atoms in total.